The fourth-order valence-electron chi connectivity index (χ4n) is 3.38. The van der Waals surface area contributed by atoms with Gasteiger partial charge in [-0.25, -0.2) is 9.18 Å². The van der Waals surface area contributed by atoms with Crippen molar-refractivity contribution in [2.24, 2.45) is 4.99 Å². The molecule has 8 heteroatoms. The first-order chi connectivity index (χ1) is 12.6. The van der Waals surface area contributed by atoms with E-state index in [0.29, 0.717) is 36.6 Å². The second-order valence-electron chi connectivity index (χ2n) is 6.42. The molecule has 0 spiro atoms. The molecule has 3 amide bonds. The highest BCUT2D eigenvalue weighted by Crippen LogP contribution is 2.21. The van der Waals surface area contributed by atoms with Crippen LogP contribution in [-0.4, -0.2) is 73.3 Å². The summed E-state index contributed by atoms with van der Waals surface area (Å²) in [6.07, 6.45) is 1.37. The lowest BCUT2D eigenvalue weighted by molar-refractivity contribution is -0.124. The molecule has 0 aliphatic carbocycles. The van der Waals surface area contributed by atoms with Gasteiger partial charge in [0.1, 0.15) is 12.4 Å². The van der Waals surface area contributed by atoms with Gasteiger partial charge in [0.2, 0.25) is 0 Å². The van der Waals surface area contributed by atoms with Gasteiger partial charge in [0.15, 0.2) is 0 Å². The smallest absolute Gasteiger partial charge is 0.350 e. The highest BCUT2D eigenvalue weighted by molar-refractivity contribution is 6.30. The number of hydrogen-bond donors (Lipinski definition) is 0. The Morgan fingerprint density at radius 1 is 1.08 bits per heavy atom. The summed E-state index contributed by atoms with van der Waals surface area (Å²) in [6.45, 7) is 3.91. The molecular formula is C18H19FN4O3. The molecule has 1 saturated heterocycles. The zero-order chi connectivity index (χ0) is 18.1. The number of fused-ring (bicyclic) bond motifs is 1. The molecule has 0 atom stereocenters. The molecule has 3 heterocycles. The van der Waals surface area contributed by atoms with Crippen molar-refractivity contribution in [3.8, 4) is 0 Å². The van der Waals surface area contributed by atoms with E-state index in [1.807, 2.05) is 11.0 Å². The number of ether oxygens (including phenoxy) is 1. The number of rotatable bonds is 4. The van der Waals surface area contributed by atoms with Crippen LogP contribution in [0.5, 0.6) is 0 Å². The van der Waals surface area contributed by atoms with Crippen LogP contribution < -0.4 is 4.90 Å². The topological polar surface area (TPSA) is 65.5 Å². The number of halogens is 1. The predicted molar refractivity (Wildman–Crippen MR) is 93.6 cm³/mol. The number of piperazine rings is 1. The molecule has 1 fully saturated rings. The van der Waals surface area contributed by atoms with Gasteiger partial charge in [-0.2, -0.15) is 4.99 Å². The van der Waals surface area contributed by atoms with E-state index in [4.69, 9.17) is 4.74 Å². The Bertz CT molecular complexity index is 799. The molecule has 4 rings (SSSR count). The van der Waals surface area contributed by atoms with E-state index in [-0.39, 0.29) is 24.9 Å². The number of urea groups is 1. The molecule has 0 unspecified atom stereocenters. The lowest BCUT2D eigenvalue weighted by atomic mass is 10.1. The first-order valence-corrected chi connectivity index (χ1v) is 8.61. The number of para-hydroxylation sites is 1. The van der Waals surface area contributed by atoms with E-state index >= 15 is 0 Å². The average Bonchev–Trinajstić information content (AvgIpc) is 3.11. The minimum Gasteiger partial charge on any atom is -0.494 e. The van der Waals surface area contributed by atoms with Gasteiger partial charge in [0.25, 0.3) is 5.91 Å². The van der Waals surface area contributed by atoms with Gasteiger partial charge in [-0.05, 0) is 12.1 Å². The molecule has 3 aliphatic rings. The van der Waals surface area contributed by atoms with Crippen LogP contribution in [0, 0.1) is 5.82 Å². The Labute approximate surface area is 150 Å². The number of anilines is 1. The van der Waals surface area contributed by atoms with Gasteiger partial charge < -0.3 is 9.64 Å². The van der Waals surface area contributed by atoms with Crippen molar-refractivity contribution in [3.63, 3.8) is 0 Å². The van der Waals surface area contributed by atoms with E-state index < -0.39 is 6.03 Å². The van der Waals surface area contributed by atoms with E-state index in [9.17, 15) is 14.0 Å². The van der Waals surface area contributed by atoms with Crippen molar-refractivity contribution in [3.05, 3.63) is 41.9 Å². The second kappa shape index (κ2) is 6.87. The molecular weight excluding hydrogens is 339 g/mol. The predicted octanol–water partition coefficient (Wildman–Crippen LogP) is 1.26. The number of carbonyl (C=O) groups excluding carboxylic acids is 2. The van der Waals surface area contributed by atoms with Crippen LogP contribution in [0.3, 0.4) is 0 Å². The van der Waals surface area contributed by atoms with Crippen molar-refractivity contribution < 1.29 is 18.7 Å². The van der Waals surface area contributed by atoms with E-state index in [1.54, 1.807) is 12.1 Å². The molecule has 0 aromatic heterocycles. The molecule has 0 N–H and O–H groups in total. The van der Waals surface area contributed by atoms with Crippen LogP contribution in [0.4, 0.5) is 14.9 Å². The molecule has 0 radical (unpaired) electrons. The molecule has 3 aliphatic heterocycles. The summed E-state index contributed by atoms with van der Waals surface area (Å²) < 4.78 is 19.0. The van der Waals surface area contributed by atoms with Gasteiger partial charge >= 0.3 is 6.03 Å². The van der Waals surface area contributed by atoms with Gasteiger partial charge in [-0.3, -0.25) is 14.6 Å². The van der Waals surface area contributed by atoms with E-state index in [1.165, 1.54) is 12.3 Å². The number of imide groups is 1. The zero-order valence-electron chi connectivity index (χ0n) is 14.2. The maximum Gasteiger partial charge on any atom is 0.350 e. The van der Waals surface area contributed by atoms with E-state index in [0.717, 1.165) is 18.0 Å². The Balaban J connectivity index is 1.32. The summed E-state index contributed by atoms with van der Waals surface area (Å²) in [6, 6.07) is 6.22. The Hall–Kier alpha value is -2.74. The molecule has 0 saturated carbocycles. The summed E-state index contributed by atoms with van der Waals surface area (Å²) in [5, 5.41) is 0. The summed E-state index contributed by atoms with van der Waals surface area (Å²) >= 11 is 0. The van der Waals surface area contributed by atoms with Crippen LogP contribution in [0.15, 0.2) is 41.1 Å². The first kappa shape index (κ1) is 16.7. The maximum atomic E-state index is 13.9. The standard InChI is InChI=1S/C18H19FN4O3/c19-14-3-1-2-4-16(14)22-8-5-21(6-9-22)7-10-23-17(24)13-11-26-12-15(13)20-18(23)25/h1-4,11H,5-10,12H2. The minimum atomic E-state index is -0.530. The molecule has 136 valence electrons. The van der Waals surface area contributed by atoms with Gasteiger partial charge in [-0.1, -0.05) is 12.1 Å². The molecule has 1 aromatic rings. The molecule has 26 heavy (non-hydrogen) atoms. The van der Waals surface area contributed by atoms with Crippen molar-refractivity contribution >= 4 is 23.3 Å². The van der Waals surface area contributed by atoms with Crippen LogP contribution in [0.25, 0.3) is 0 Å². The second-order valence-corrected chi connectivity index (χ2v) is 6.42. The number of amides is 3. The van der Waals surface area contributed by atoms with Gasteiger partial charge in [0.05, 0.1) is 23.2 Å². The third kappa shape index (κ3) is 3.08. The van der Waals surface area contributed by atoms with Crippen molar-refractivity contribution in [2.75, 3.05) is 50.8 Å². The van der Waals surface area contributed by atoms with Crippen LogP contribution >= 0.6 is 0 Å². The Morgan fingerprint density at radius 3 is 2.62 bits per heavy atom. The van der Waals surface area contributed by atoms with Crippen molar-refractivity contribution in [2.45, 2.75) is 0 Å². The van der Waals surface area contributed by atoms with Crippen molar-refractivity contribution in [1.82, 2.24) is 9.80 Å². The fourth-order valence-corrected chi connectivity index (χ4v) is 3.38. The minimum absolute atomic E-state index is 0.179. The lowest BCUT2D eigenvalue weighted by Gasteiger charge is -2.37. The zero-order valence-corrected chi connectivity index (χ0v) is 14.2. The fraction of sp³-hybridized carbons (Fsp3) is 0.389. The van der Waals surface area contributed by atoms with Crippen LogP contribution in [0.2, 0.25) is 0 Å². The molecule has 1 aromatic carbocycles. The SMILES string of the molecule is O=C1N=C2COC=C2C(=O)N1CCN1CCN(c2ccccc2F)CC1. The number of aliphatic imine (C=N–C) groups is 1. The third-order valence-electron chi connectivity index (χ3n) is 4.87. The maximum absolute atomic E-state index is 13.9. The Kier molecular flexibility index (Phi) is 4.42. The average molecular weight is 358 g/mol. The third-order valence-corrected chi connectivity index (χ3v) is 4.87. The van der Waals surface area contributed by atoms with Gasteiger partial charge in [0, 0.05) is 39.3 Å². The quantitative estimate of drug-likeness (QED) is 0.811. The van der Waals surface area contributed by atoms with Crippen molar-refractivity contribution in [1.29, 1.82) is 0 Å². The number of nitrogens with zero attached hydrogens (tertiary/aromatic N) is 4. The number of hydrogen-bond acceptors (Lipinski definition) is 5. The largest absolute Gasteiger partial charge is 0.494 e. The highest BCUT2D eigenvalue weighted by atomic mass is 19.1. The summed E-state index contributed by atoms with van der Waals surface area (Å²) in [5.41, 5.74) is 1.40. The summed E-state index contributed by atoms with van der Waals surface area (Å²) in [7, 11) is 0. The van der Waals surface area contributed by atoms with Crippen LogP contribution in [0.1, 0.15) is 0 Å². The highest BCUT2D eigenvalue weighted by Gasteiger charge is 2.35. The summed E-state index contributed by atoms with van der Waals surface area (Å²) in [4.78, 5) is 33.7. The molecule has 7 nitrogen and oxygen atoms in total. The lowest BCUT2D eigenvalue weighted by Crippen LogP contribution is -2.50. The Morgan fingerprint density at radius 2 is 1.85 bits per heavy atom. The number of benzene rings is 1. The number of carbonyl (C=O) groups is 2. The van der Waals surface area contributed by atoms with E-state index in [2.05, 4.69) is 9.89 Å². The van der Waals surface area contributed by atoms with Gasteiger partial charge in [-0.15, -0.1) is 0 Å². The normalized spacial score (nSPS) is 20.7. The first-order valence-electron chi connectivity index (χ1n) is 8.61. The monoisotopic (exact) mass is 358 g/mol. The molecule has 0 bridgehead atoms. The van der Waals surface area contributed by atoms with Crippen LogP contribution in [-0.2, 0) is 9.53 Å². The summed E-state index contributed by atoms with van der Waals surface area (Å²) in [5.74, 6) is -0.561.